The highest BCUT2D eigenvalue weighted by molar-refractivity contribution is 6.14. The highest BCUT2D eigenvalue weighted by Crippen LogP contribution is 2.49. The Morgan fingerprint density at radius 2 is 1.71 bits per heavy atom. The molecule has 1 aliphatic rings. The SMILES string of the molecule is C=CC1CC1(N=C(c1ccccc1)c1ccccc1)C(=O)OCC. The van der Waals surface area contributed by atoms with Crippen molar-refractivity contribution < 1.29 is 9.53 Å². The van der Waals surface area contributed by atoms with Crippen LogP contribution in [0, 0.1) is 5.92 Å². The van der Waals surface area contributed by atoms with E-state index in [1.807, 2.05) is 67.6 Å². The first-order valence-electron chi connectivity index (χ1n) is 8.21. The number of aliphatic imine (C=N–C) groups is 1. The summed E-state index contributed by atoms with van der Waals surface area (Å²) in [5, 5.41) is 0. The maximum absolute atomic E-state index is 12.5. The maximum Gasteiger partial charge on any atom is 0.334 e. The fraction of sp³-hybridized carbons (Fsp3) is 0.238. The lowest BCUT2D eigenvalue weighted by Crippen LogP contribution is -2.27. The Morgan fingerprint density at radius 1 is 1.17 bits per heavy atom. The molecule has 1 aliphatic carbocycles. The Morgan fingerprint density at radius 3 is 2.12 bits per heavy atom. The summed E-state index contributed by atoms with van der Waals surface area (Å²) in [4.78, 5) is 17.4. The molecule has 0 heterocycles. The molecule has 0 amide bonds. The fourth-order valence-corrected chi connectivity index (χ4v) is 2.91. The Labute approximate surface area is 142 Å². The molecule has 0 aliphatic heterocycles. The third kappa shape index (κ3) is 3.02. The van der Waals surface area contributed by atoms with Crippen LogP contribution in [-0.4, -0.2) is 23.8 Å². The zero-order chi connectivity index (χ0) is 17.0. The Hall–Kier alpha value is -2.68. The van der Waals surface area contributed by atoms with Gasteiger partial charge < -0.3 is 4.74 Å². The number of rotatable bonds is 6. The quantitative estimate of drug-likeness (QED) is 0.458. The molecule has 3 heteroatoms. The number of hydrogen-bond acceptors (Lipinski definition) is 3. The predicted octanol–water partition coefficient (Wildman–Crippen LogP) is 4.03. The van der Waals surface area contributed by atoms with Crippen LogP contribution in [0.1, 0.15) is 24.5 Å². The van der Waals surface area contributed by atoms with Gasteiger partial charge in [-0.1, -0.05) is 66.7 Å². The van der Waals surface area contributed by atoms with Gasteiger partial charge in [0.2, 0.25) is 0 Å². The van der Waals surface area contributed by atoms with E-state index in [-0.39, 0.29) is 11.9 Å². The molecule has 3 nitrogen and oxygen atoms in total. The third-order valence-electron chi connectivity index (χ3n) is 4.30. The second-order valence-corrected chi connectivity index (χ2v) is 5.88. The van der Waals surface area contributed by atoms with Crippen LogP contribution in [0.2, 0.25) is 0 Å². The second-order valence-electron chi connectivity index (χ2n) is 5.88. The molecule has 0 saturated heterocycles. The van der Waals surface area contributed by atoms with Crippen molar-refractivity contribution in [2.24, 2.45) is 10.9 Å². The molecule has 2 aromatic rings. The smallest absolute Gasteiger partial charge is 0.334 e. The molecule has 122 valence electrons. The summed E-state index contributed by atoms with van der Waals surface area (Å²) >= 11 is 0. The van der Waals surface area contributed by atoms with E-state index in [4.69, 9.17) is 9.73 Å². The largest absolute Gasteiger partial charge is 0.464 e. The van der Waals surface area contributed by atoms with Crippen molar-refractivity contribution in [1.82, 2.24) is 0 Å². The molecule has 0 aromatic heterocycles. The fourth-order valence-electron chi connectivity index (χ4n) is 2.91. The molecular weight excluding hydrogens is 298 g/mol. The number of carbonyl (C=O) groups excluding carboxylic acids is 1. The lowest BCUT2D eigenvalue weighted by molar-refractivity contribution is -0.146. The summed E-state index contributed by atoms with van der Waals surface area (Å²) < 4.78 is 5.28. The normalized spacial score (nSPS) is 21.6. The molecule has 2 atom stereocenters. The van der Waals surface area contributed by atoms with E-state index >= 15 is 0 Å². The van der Waals surface area contributed by atoms with Gasteiger partial charge >= 0.3 is 5.97 Å². The van der Waals surface area contributed by atoms with Crippen LogP contribution < -0.4 is 0 Å². The van der Waals surface area contributed by atoms with Gasteiger partial charge in [-0.25, -0.2) is 4.79 Å². The summed E-state index contributed by atoms with van der Waals surface area (Å²) in [7, 11) is 0. The van der Waals surface area contributed by atoms with Crippen molar-refractivity contribution in [1.29, 1.82) is 0 Å². The molecule has 0 bridgehead atoms. The Kier molecular flexibility index (Phi) is 4.61. The zero-order valence-corrected chi connectivity index (χ0v) is 13.8. The van der Waals surface area contributed by atoms with Gasteiger partial charge in [0.05, 0.1) is 12.3 Å². The number of benzene rings is 2. The molecule has 0 radical (unpaired) electrons. The van der Waals surface area contributed by atoms with Gasteiger partial charge in [0.15, 0.2) is 5.54 Å². The van der Waals surface area contributed by atoms with Crippen molar-refractivity contribution in [2.75, 3.05) is 6.61 Å². The summed E-state index contributed by atoms with van der Waals surface area (Å²) in [5.41, 5.74) is 1.96. The van der Waals surface area contributed by atoms with Gasteiger partial charge in [-0.05, 0) is 13.3 Å². The Balaban J connectivity index is 2.09. The van der Waals surface area contributed by atoms with Gasteiger partial charge in [0, 0.05) is 17.0 Å². The summed E-state index contributed by atoms with van der Waals surface area (Å²) in [6, 6.07) is 19.9. The monoisotopic (exact) mass is 319 g/mol. The minimum Gasteiger partial charge on any atom is -0.464 e. The molecule has 1 saturated carbocycles. The van der Waals surface area contributed by atoms with E-state index in [1.165, 1.54) is 0 Å². The van der Waals surface area contributed by atoms with Crippen LogP contribution in [-0.2, 0) is 9.53 Å². The number of esters is 1. The topological polar surface area (TPSA) is 38.7 Å². The lowest BCUT2D eigenvalue weighted by atomic mass is 10.0. The van der Waals surface area contributed by atoms with E-state index in [0.29, 0.717) is 13.0 Å². The highest BCUT2D eigenvalue weighted by Gasteiger charge is 2.60. The molecular formula is C21H21NO2. The molecule has 24 heavy (non-hydrogen) atoms. The molecule has 0 spiro atoms. The third-order valence-corrected chi connectivity index (χ3v) is 4.30. The molecule has 2 aromatic carbocycles. The maximum atomic E-state index is 12.5. The first-order valence-corrected chi connectivity index (χ1v) is 8.21. The number of hydrogen-bond donors (Lipinski definition) is 0. The van der Waals surface area contributed by atoms with E-state index in [9.17, 15) is 4.79 Å². The van der Waals surface area contributed by atoms with E-state index in [2.05, 4.69) is 6.58 Å². The molecule has 3 rings (SSSR count). The van der Waals surface area contributed by atoms with Crippen molar-refractivity contribution in [3.8, 4) is 0 Å². The first kappa shape index (κ1) is 16.2. The van der Waals surface area contributed by atoms with Crippen LogP contribution in [0.4, 0.5) is 0 Å². The van der Waals surface area contributed by atoms with Crippen LogP contribution in [0.3, 0.4) is 0 Å². The van der Waals surface area contributed by atoms with E-state index < -0.39 is 5.54 Å². The van der Waals surface area contributed by atoms with Gasteiger partial charge in [-0.15, -0.1) is 6.58 Å². The minimum atomic E-state index is -0.835. The van der Waals surface area contributed by atoms with E-state index in [1.54, 1.807) is 6.08 Å². The van der Waals surface area contributed by atoms with Crippen molar-refractivity contribution >= 4 is 11.7 Å². The average molecular weight is 319 g/mol. The van der Waals surface area contributed by atoms with E-state index in [0.717, 1.165) is 16.8 Å². The van der Waals surface area contributed by atoms with Crippen molar-refractivity contribution in [2.45, 2.75) is 18.9 Å². The standard InChI is InChI=1S/C21H21NO2/c1-3-18-15-21(18,20(23)24-4-2)22-19(16-11-7-5-8-12-16)17-13-9-6-10-14-17/h3,5-14,18H,1,4,15H2,2H3. The summed E-state index contributed by atoms with van der Waals surface area (Å²) in [6.45, 7) is 6.00. The molecule has 1 fully saturated rings. The van der Waals surface area contributed by atoms with Gasteiger partial charge in [-0.2, -0.15) is 0 Å². The van der Waals surface area contributed by atoms with Crippen LogP contribution >= 0.6 is 0 Å². The van der Waals surface area contributed by atoms with Gasteiger partial charge in [0.1, 0.15) is 0 Å². The number of ether oxygens (including phenoxy) is 1. The lowest BCUT2D eigenvalue weighted by Gasteiger charge is -2.15. The van der Waals surface area contributed by atoms with Gasteiger partial charge in [-0.3, -0.25) is 4.99 Å². The van der Waals surface area contributed by atoms with Crippen molar-refractivity contribution in [3.63, 3.8) is 0 Å². The van der Waals surface area contributed by atoms with Crippen LogP contribution in [0.15, 0.2) is 78.3 Å². The van der Waals surface area contributed by atoms with Crippen LogP contribution in [0.5, 0.6) is 0 Å². The van der Waals surface area contributed by atoms with Gasteiger partial charge in [0.25, 0.3) is 0 Å². The Bertz CT molecular complexity index is 710. The van der Waals surface area contributed by atoms with Crippen molar-refractivity contribution in [3.05, 3.63) is 84.4 Å². The highest BCUT2D eigenvalue weighted by atomic mass is 16.5. The second kappa shape index (κ2) is 6.83. The number of nitrogens with zero attached hydrogens (tertiary/aromatic N) is 1. The summed E-state index contributed by atoms with van der Waals surface area (Å²) in [5.74, 6) is -0.238. The minimum absolute atomic E-state index is 0.0268. The predicted molar refractivity (Wildman–Crippen MR) is 96.2 cm³/mol. The molecule has 2 unspecified atom stereocenters. The average Bonchev–Trinajstić information content (AvgIpc) is 3.36. The molecule has 0 N–H and O–H groups in total. The van der Waals surface area contributed by atoms with Crippen LogP contribution in [0.25, 0.3) is 0 Å². The first-order chi connectivity index (χ1) is 11.7. The zero-order valence-electron chi connectivity index (χ0n) is 13.8. The number of carbonyl (C=O) groups is 1. The summed E-state index contributed by atoms with van der Waals surface area (Å²) in [6.07, 6.45) is 2.45.